The van der Waals surface area contributed by atoms with Gasteiger partial charge in [-0.3, -0.25) is 23.9 Å². The van der Waals surface area contributed by atoms with Gasteiger partial charge in [0.05, 0.1) is 6.10 Å². The number of carbonyl (C=O) groups excluding carboxylic acids is 4. The normalized spacial score (nSPS) is 21.5. The average molecular weight is 619 g/mol. The number of esters is 4. The second-order valence-corrected chi connectivity index (χ2v) is 11.1. The van der Waals surface area contributed by atoms with E-state index >= 15 is 0 Å². The Kier molecular flexibility index (Phi) is 11.7. The van der Waals surface area contributed by atoms with E-state index < -0.39 is 54.6 Å². The number of rotatable bonds is 12. The fourth-order valence-corrected chi connectivity index (χ4v) is 4.88. The minimum absolute atomic E-state index is 0.0247. The van der Waals surface area contributed by atoms with E-state index in [1.165, 1.54) is 13.8 Å². The van der Waals surface area contributed by atoms with Crippen molar-refractivity contribution in [3.8, 4) is 11.6 Å². The molecule has 1 aromatic heterocycles. The van der Waals surface area contributed by atoms with E-state index in [9.17, 15) is 19.2 Å². The molecule has 3 rings (SSSR count). The molecule has 0 spiro atoms. The first kappa shape index (κ1) is 34.4. The van der Waals surface area contributed by atoms with Crippen molar-refractivity contribution in [1.29, 1.82) is 0 Å². The van der Waals surface area contributed by atoms with Crippen molar-refractivity contribution in [3.05, 3.63) is 41.1 Å². The molecule has 0 radical (unpaired) electrons. The van der Waals surface area contributed by atoms with E-state index in [0.29, 0.717) is 6.42 Å². The summed E-state index contributed by atoms with van der Waals surface area (Å²) in [4.78, 5) is 48.1. The van der Waals surface area contributed by atoms with E-state index in [4.69, 9.17) is 38.3 Å². The highest BCUT2D eigenvalue weighted by Gasteiger charge is 2.53. The van der Waals surface area contributed by atoms with Crippen LogP contribution in [0.15, 0.2) is 24.3 Å². The van der Waals surface area contributed by atoms with Crippen molar-refractivity contribution in [1.82, 2.24) is 9.78 Å². The molecular formula is C31H42N2O11. The first-order chi connectivity index (χ1) is 20.7. The Bertz CT molecular complexity index is 1320. The zero-order chi connectivity index (χ0) is 32.7. The third-order valence-electron chi connectivity index (χ3n) is 6.58. The molecular weight excluding hydrogens is 576 g/mol. The highest BCUT2D eigenvalue weighted by atomic mass is 16.7. The molecule has 1 aliphatic rings. The Morgan fingerprint density at radius 1 is 0.841 bits per heavy atom. The lowest BCUT2D eigenvalue weighted by molar-refractivity contribution is -0.289. The summed E-state index contributed by atoms with van der Waals surface area (Å²) in [6.07, 6.45) is -6.10. The molecule has 1 aromatic carbocycles. The van der Waals surface area contributed by atoms with Crippen molar-refractivity contribution >= 4 is 23.9 Å². The standard InChI is InChI=1S/C31H42N2O11/c1-16(2)33-18(5)25(14-23-10-12-24(13-11-23)39-17(3)4)30(32-33)44-31-29(42-22(9)37)28(41-21(8)36)27(40-20(7)35)26(43-31)15-38-19(6)34/h10-13,16-17,26-29,31H,14-15H2,1-9H3/t26-,27-,28+,29-,31+/m1/s1. The topological polar surface area (TPSA) is 151 Å². The minimum atomic E-state index is -1.40. The van der Waals surface area contributed by atoms with Crippen molar-refractivity contribution in [3.63, 3.8) is 0 Å². The van der Waals surface area contributed by atoms with Gasteiger partial charge >= 0.3 is 23.9 Å². The smallest absolute Gasteiger partial charge is 0.303 e. The van der Waals surface area contributed by atoms with Gasteiger partial charge in [-0.05, 0) is 52.3 Å². The van der Waals surface area contributed by atoms with Crippen LogP contribution in [-0.4, -0.2) is 77.1 Å². The maximum atomic E-state index is 12.2. The van der Waals surface area contributed by atoms with Gasteiger partial charge in [0.2, 0.25) is 18.3 Å². The number of ether oxygens (including phenoxy) is 7. The summed E-state index contributed by atoms with van der Waals surface area (Å²) in [5, 5.41) is 4.69. The molecule has 0 unspecified atom stereocenters. The van der Waals surface area contributed by atoms with Crippen LogP contribution in [0.5, 0.6) is 11.6 Å². The van der Waals surface area contributed by atoms with Gasteiger partial charge in [0, 0.05) is 51.4 Å². The molecule has 44 heavy (non-hydrogen) atoms. The molecule has 1 aliphatic heterocycles. The molecule has 13 heteroatoms. The summed E-state index contributed by atoms with van der Waals surface area (Å²) in [6, 6.07) is 7.64. The Hall–Kier alpha value is -4.13. The Balaban J connectivity index is 2.05. The molecule has 2 heterocycles. The summed E-state index contributed by atoms with van der Waals surface area (Å²) in [7, 11) is 0. The Morgan fingerprint density at radius 2 is 1.41 bits per heavy atom. The number of nitrogens with zero attached hydrogens (tertiary/aromatic N) is 2. The van der Waals surface area contributed by atoms with Crippen molar-refractivity contribution in [2.24, 2.45) is 0 Å². The maximum absolute atomic E-state index is 12.2. The Morgan fingerprint density at radius 3 is 1.93 bits per heavy atom. The molecule has 1 fully saturated rings. The second kappa shape index (κ2) is 15.0. The zero-order valence-corrected chi connectivity index (χ0v) is 26.7. The average Bonchev–Trinajstić information content (AvgIpc) is 3.21. The molecule has 0 N–H and O–H groups in total. The Labute approximate surface area is 257 Å². The zero-order valence-electron chi connectivity index (χ0n) is 26.7. The first-order valence-corrected chi connectivity index (χ1v) is 14.5. The van der Waals surface area contributed by atoms with E-state index in [-0.39, 0.29) is 24.6 Å². The van der Waals surface area contributed by atoms with Gasteiger partial charge in [-0.2, -0.15) is 0 Å². The van der Waals surface area contributed by atoms with Crippen LogP contribution < -0.4 is 9.47 Å². The molecule has 0 bridgehead atoms. The molecule has 0 aliphatic carbocycles. The van der Waals surface area contributed by atoms with Crippen LogP contribution >= 0.6 is 0 Å². The van der Waals surface area contributed by atoms with E-state index in [2.05, 4.69) is 0 Å². The summed E-state index contributed by atoms with van der Waals surface area (Å²) in [5.41, 5.74) is 2.53. The van der Waals surface area contributed by atoms with Gasteiger partial charge < -0.3 is 33.2 Å². The highest BCUT2D eigenvalue weighted by molar-refractivity contribution is 5.68. The van der Waals surface area contributed by atoms with Crippen LogP contribution in [0.1, 0.15) is 78.3 Å². The molecule has 1 saturated heterocycles. The monoisotopic (exact) mass is 618 g/mol. The quantitative estimate of drug-likeness (QED) is 0.252. The summed E-state index contributed by atoms with van der Waals surface area (Å²) >= 11 is 0. The van der Waals surface area contributed by atoms with Crippen LogP contribution in [0.4, 0.5) is 0 Å². The molecule has 242 valence electrons. The van der Waals surface area contributed by atoms with Crippen LogP contribution in [-0.2, 0) is 49.3 Å². The predicted octanol–water partition coefficient (Wildman–Crippen LogP) is 3.61. The molecule has 0 saturated carbocycles. The van der Waals surface area contributed by atoms with Crippen LogP contribution in [0.2, 0.25) is 0 Å². The number of benzene rings is 1. The molecule has 5 atom stereocenters. The number of carbonyl (C=O) groups is 4. The van der Waals surface area contributed by atoms with Crippen LogP contribution in [0, 0.1) is 6.92 Å². The third-order valence-corrected chi connectivity index (χ3v) is 6.58. The largest absolute Gasteiger partial charge is 0.491 e. The minimum Gasteiger partial charge on any atom is -0.491 e. The summed E-state index contributed by atoms with van der Waals surface area (Å²) in [5.74, 6) is -1.86. The lowest BCUT2D eigenvalue weighted by Crippen LogP contribution is -2.63. The summed E-state index contributed by atoms with van der Waals surface area (Å²) in [6.45, 7) is 14.1. The van der Waals surface area contributed by atoms with Gasteiger partial charge in [0.15, 0.2) is 12.2 Å². The summed E-state index contributed by atoms with van der Waals surface area (Å²) < 4.78 is 41.7. The van der Waals surface area contributed by atoms with Gasteiger partial charge in [0.1, 0.15) is 18.5 Å². The first-order valence-electron chi connectivity index (χ1n) is 14.5. The van der Waals surface area contributed by atoms with Gasteiger partial charge in [0.25, 0.3) is 0 Å². The number of hydrogen-bond donors (Lipinski definition) is 0. The van der Waals surface area contributed by atoms with Crippen molar-refractivity contribution in [2.45, 2.75) is 112 Å². The third kappa shape index (κ3) is 9.18. The van der Waals surface area contributed by atoms with E-state index in [0.717, 1.165) is 36.4 Å². The van der Waals surface area contributed by atoms with Crippen molar-refractivity contribution < 1.29 is 52.3 Å². The van der Waals surface area contributed by atoms with Gasteiger partial charge in [-0.25, -0.2) is 0 Å². The SMILES string of the molecule is CC(=O)OC[C@H]1O[C@@H](Oc2nn(C(C)C)c(C)c2Cc2ccc(OC(C)C)cc2)[C@H](OC(C)=O)[C@@H](OC(C)=O)[C@@H]1OC(C)=O. The second-order valence-electron chi connectivity index (χ2n) is 11.1. The molecule has 0 amide bonds. The van der Waals surface area contributed by atoms with Crippen molar-refractivity contribution in [2.75, 3.05) is 6.61 Å². The predicted molar refractivity (Wildman–Crippen MR) is 155 cm³/mol. The van der Waals surface area contributed by atoms with E-state index in [1.807, 2.05) is 58.9 Å². The highest BCUT2D eigenvalue weighted by Crippen LogP contribution is 2.34. The molecule has 2 aromatic rings. The van der Waals surface area contributed by atoms with Crippen LogP contribution in [0.25, 0.3) is 0 Å². The number of aromatic nitrogens is 2. The maximum Gasteiger partial charge on any atom is 0.303 e. The molecule has 13 nitrogen and oxygen atoms in total. The lowest BCUT2D eigenvalue weighted by atomic mass is 9.98. The lowest BCUT2D eigenvalue weighted by Gasteiger charge is -2.43. The van der Waals surface area contributed by atoms with Crippen LogP contribution in [0.3, 0.4) is 0 Å². The van der Waals surface area contributed by atoms with Gasteiger partial charge in [-0.15, -0.1) is 5.10 Å². The fraction of sp³-hybridized carbons (Fsp3) is 0.581. The van der Waals surface area contributed by atoms with E-state index in [1.54, 1.807) is 4.68 Å². The number of hydrogen-bond acceptors (Lipinski definition) is 12. The fourth-order valence-electron chi connectivity index (χ4n) is 4.88. The van der Waals surface area contributed by atoms with Gasteiger partial charge in [-0.1, -0.05) is 12.1 Å².